The highest BCUT2D eigenvalue weighted by Gasteiger charge is 1.96. The summed E-state index contributed by atoms with van der Waals surface area (Å²) in [5, 5.41) is 5.83. The molecule has 0 saturated carbocycles. The van der Waals surface area contributed by atoms with Gasteiger partial charge < -0.3 is 16.4 Å². The Bertz CT molecular complexity index is 824. The first kappa shape index (κ1) is 16.9. The zero-order valence-corrected chi connectivity index (χ0v) is 13.5. The molecule has 1 amide bonds. The quantitative estimate of drug-likeness (QED) is 0.457. The van der Waals surface area contributed by atoms with Crippen LogP contribution in [0.2, 0.25) is 0 Å². The summed E-state index contributed by atoms with van der Waals surface area (Å²) >= 11 is 0. The lowest BCUT2D eigenvalue weighted by atomic mass is 10.2. The molecule has 4 nitrogen and oxygen atoms in total. The Morgan fingerprint density at radius 2 is 1.83 bits per heavy atom. The largest absolute Gasteiger partial charge is 0.397 e. The van der Waals surface area contributed by atoms with Crippen LogP contribution in [0.15, 0.2) is 73.0 Å². The van der Waals surface area contributed by atoms with Crippen LogP contribution in [0.1, 0.15) is 12.5 Å². The summed E-state index contributed by atoms with van der Waals surface area (Å²) in [7, 11) is 0. The van der Waals surface area contributed by atoms with Crippen LogP contribution in [0.5, 0.6) is 0 Å². The molecular weight excluding hydrogens is 298 g/mol. The molecule has 0 bridgehead atoms. The van der Waals surface area contributed by atoms with Crippen molar-refractivity contribution in [3.63, 3.8) is 0 Å². The molecule has 0 unspecified atom stereocenters. The van der Waals surface area contributed by atoms with Crippen LogP contribution in [-0.2, 0) is 4.79 Å². The first-order chi connectivity index (χ1) is 11.5. The molecule has 0 aliphatic heterocycles. The second-order valence-corrected chi connectivity index (χ2v) is 5.10. The Morgan fingerprint density at radius 3 is 2.50 bits per heavy atom. The normalized spacial score (nSPS) is 9.88. The van der Waals surface area contributed by atoms with E-state index in [4.69, 9.17) is 5.73 Å². The van der Waals surface area contributed by atoms with E-state index in [1.54, 1.807) is 12.2 Å². The topological polar surface area (TPSA) is 67.2 Å². The van der Waals surface area contributed by atoms with Crippen molar-refractivity contribution in [3.05, 3.63) is 78.5 Å². The number of hydrogen-bond donors (Lipinski definition) is 3. The number of para-hydroxylation sites is 2. The summed E-state index contributed by atoms with van der Waals surface area (Å²) in [6.07, 6.45) is 3.50. The summed E-state index contributed by atoms with van der Waals surface area (Å²) < 4.78 is 0. The number of nitrogens with one attached hydrogen (secondary N) is 2. The molecule has 0 aromatic heterocycles. The number of carbonyl (C=O) groups excluding carboxylic acids is 1. The van der Waals surface area contributed by atoms with E-state index in [-0.39, 0.29) is 5.91 Å². The van der Waals surface area contributed by atoms with Crippen LogP contribution < -0.4 is 16.4 Å². The molecule has 2 aromatic carbocycles. The average Bonchev–Trinajstić information content (AvgIpc) is 2.55. The zero-order chi connectivity index (χ0) is 17.4. The maximum absolute atomic E-state index is 11.0. The third-order valence-corrected chi connectivity index (χ3v) is 3.05. The van der Waals surface area contributed by atoms with Gasteiger partial charge in [0.05, 0.1) is 11.4 Å². The minimum Gasteiger partial charge on any atom is -0.397 e. The van der Waals surface area contributed by atoms with Gasteiger partial charge in [-0.3, -0.25) is 4.79 Å². The second-order valence-electron chi connectivity index (χ2n) is 5.10. The predicted octanol–water partition coefficient (Wildman–Crippen LogP) is 3.76. The van der Waals surface area contributed by atoms with Crippen molar-refractivity contribution in [2.24, 2.45) is 0 Å². The summed E-state index contributed by atoms with van der Waals surface area (Å²) in [6.45, 7) is 5.39. The maximum Gasteiger partial charge on any atom is 0.221 e. The van der Waals surface area contributed by atoms with Gasteiger partial charge in [0.25, 0.3) is 0 Å². The fourth-order valence-corrected chi connectivity index (χ4v) is 1.93. The van der Waals surface area contributed by atoms with Crippen molar-refractivity contribution < 1.29 is 4.79 Å². The highest BCUT2D eigenvalue weighted by atomic mass is 16.1. The van der Waals surface area contributed by atoms with Crippen molar-refractivity contribution in [1.29, 1.82) is 0 Å². The van der Waals surface area contributed by atoms with E-state index in [0.717, 1.165) is 16.9 Å². The number of rotatable bonds is 4. The van der Waals surface area contributed by atoms with Crippen LogP contribution in [0.4, 0.5) is 17.1 Å². The maximum atomic E-state index is 11.0. The Hall–Kier alpha value is -3.45. The first-order valence-corrected chi connectivity index (χ1v) is 7.41. The summed E-state index contributed by atoms with van der Waals surface area (Å²) in [5.74, 6) is 5.86. The summed E-state index contributed by atoms with van der Waals surface area (Å²) in [6, 6.07) is 14.8. The molecule has 4 N–H and O–H groups in total. The van der Waals surface area contributed by atoms with Gasteiger partial charge in [-0.05, 0) is 48.6 Å². The average molecular weight is 317 g/mol. The lowest BCUT2D eigenvalue weighted by Crippen LogP contribution is -2.05. The number of amides is 1. The molecule has 24 heavy (non-hydrogen) atoms. The van der Waals surface area contributed by atoms with Gasteiger partial charge in [-0.1, -0.05) is 30.6 Å². The molecule has 0 fully saturated rings. The van der Waals surface area contributed by atoms with Crippen molar-refractivity contribution in [2.75, 3.05) is 16.4 Å². The molecule has 0 aliphatic carbocycles. The van der Waals surface area contributed by atoms with Crippen LogP contribution in [0.3, 0.4) is 0 Å². The van der Waals surface area contributed by atoms with Crippen molar-refractivity contribution in [1.82, 2.24) is 0 Å². The van der Waals surface area contributed by atoms with Crippen LogP contribution in [0.25, 0.3) is 0 Å². The van der Waals surface area contributed by atoms with Gasteiger partial charge in [-0.2, -0.15) is 0 Å². The van der Waals surface area contributed by atoms with Crippen LogP contribution in [0, 0.1) is 11.8 Å². The number of benzene rings is 2. The van der Waals surface area contributed by atoms with Gasteiger partial charge in [0.1, 0.15) is 0 Å². The van der Waals surface area contributed by atoms with Gasteiger partial charge in [0, 0.05) is 23.9 Å². The van der Waals surface area contributed by atoms with E-state index >= 15 is 0 Å². The lowest BCUT2D eigenvalue weighted by Gasteiger charge is -2.07. The third kappa shape index (κ3) is 5.39. The SMILES string of the molecule is C=C(/C=C/C#Cc1ccc(NC(C)=O)cc1)Nc1ccccc1N. The van der Waals surface area contributed by atoms with Crippen molar-refractivity contribution >= 4 is 23.0 Å². The summed E-state index contributed by atoms with van der Waals surface area (Å²) in [4.78, 5) is 11.0. The molecule has 120 valence electrons. The van der Waals surface area contributed by atoms with Gasteiger partial charge in [-0.15, -0.1) is 0 Å². The third-order valence-electron chi connectivity index (χ3n) is 3.05. The minimum atomic E-state index is -0.0955. The molecule has 0 spiro atoms. The summed E-state index contributed by atoms with van der Waals surface area (Å²) in [5.41, 5.74) is 9.65. The standard InChI is InChI=1S/C20H19N3O/c1-15(22-20-10-6-5-9-19(20)21)7-3-4-8-17-11-13-18(14-12-17)23-16(2)24/h3,5-7,9-14,22H,1,21H2,2H3,(H,23,24)/b7-3+. The molecule has 0 radical (unpaired) electrons. The van der Waals surface area contributed by atoms with E-state index in [2.05, 4.69) is 29.1 Å². The van der Waals surface area contributed by atoms with Crippen LogP contribution >= 0.6 is 0 Å². The van der Waals surface area contributed by atoms with E-state index in [9.17, 15) is 4.79 Å². The van der Waals surface area contributed by atoms with Crippen LogP contribution in [-0.4, -0.2) is 5.91 Å². The van der Waals surface area contributed by atoms with Crippen molar-refractivity contribution in [2.45, 2.75) is 6.92 Å². The number of hydrogen-bond acceptors (Lipinski definition) is 3. The van der Waals surface area contributed by atoms with E-state index < -0.39 is 0 Å². The minimum absolute atomic E-state index is 0.0955. The molecule has 0 saturated heterocycles. The highest BCUT2D eigenvalue weighted by molar-refractivity contribution is 5.88. The fraction of sp³-hybridized carbons (Fsp3) is 0.0500. The molecule has 0 aliphatic rings. The smallest absolute Gasteiger partial charge is 0.221 e. The molecule has 2 aromatic rings. The molecule has 0 heterocycles. The Balaban J connectivity index is 1.92. The molecular formula is C20H19N3O. The Kier molecular flexibility index (Phi) is 5.82. The van der Waals surface area contributed by atoms with E-state index in [1.165, 1.54) is 6.92 Å². The van der Waals surface area contributed by atoms with Crippen molar-refractivity contribution in [3.8, 4) is 11.8 Å². The molecule has 2 rings (SSSR count). The zero-order valence-electron chi connectivity index (χ0n) is 13.5. The van der Waals surface area contributed by atoms with Gasteiger partial charge in [-0.25, -0.2) is 0 Å². The van der Waals surface area contributed by atoms with Gasteiger partial charge >= 0.3 is 0 Å². The van der Waals surface area contributed by atoms with Gasteiger partial charge in [0.15, 0.2) is 0 Å². The number of anilines is 3. The predicted molar refractivity (Wildman–Crippen MR) is 100 cm³/mol. The monoisotopic (exact) mass is 317 g/mol. The number of allylic oxidation sites excluding steroid dienone is 2. The number of nitrogens with two attached hydrogens (primary N) is 1. The lowest BCUT2D eigenvalue weighted by molar-refractivity contribution is -0.114. The highest BCUT2D eigenvalue weighted by Crippen LogP contribution is 2.18. The van der Waals surface area contributed by atoms with E-state index in [1.807, 2.05) is 48.5 Å². The fourth-order valence-electron chi connectivity index (χ4n) is 1.93. The first-order valence-electron chi connectivity index (χ1n) is 7.41. The van der Waals surface area contributed by atoms with E-state index in [0.29, 0.717) is 11.4 Å². The second kappa shape index (κ2) is 8.25. The number of nitrogen functional groups attached to an aromatic ring is 1. The number of carbonyl (C=O) groups is 1. The molecule has 4 heteroatoms. The van der Waals surface area contributed by atoms with Gasteiger partial charge in [0.2, 0.25) is 5.91 Å². The molecule has 0 atom stereocenters. The Labute approximate surface area is 142 Å². The Morgan fingerprint density at radius 1 is 1.12 bits per heavy atom.